The number of rotatable bonds is 8. The Balaban J connectivity index is 1.66. The molecule has 0 spiro atoms. The van der Waals surface area contributed by atoms with E-state index in [1.807, 2.05) is 75.4 Å². The maximum atomic E-state index is 16.2. The van der Waals surface area contributed by atoms with Crippen molar-refractivity contribution in [2.45, 2.75) is 57.6 Å². The molecule has 0 fully saturated rings. The predicted molar refractivity (Wildman–Crippen MR) is 162 cm³/mol. The number of benzene rings is 2. The Morgan fingerprint density at radius 1 is 1.10 bits per heavy atom. The van der Waals surface area contributed by atoms with Crippen LogP contribution in [0.2, 0.25) is 19.6 Å². The summed E-state index contributed by atoms with van der Waals surface area (Å²) in [7, 11) is -2.08. The molecule has 0 radical (unpaired) electrons. The molecule has 40 heavy (non-hydrogen) atoms. The van der Waals surface area contributed by atoms with Crippen LogP contribution in [0.4, 0.5) is 4.39 Å². The molecule has 0 saturated heterocycles. The number of halogens is 1. The van der Waals surface area contributed by atoms with Gasteiger partial charge in [0.1, 0.15) is 16.3 Å². The molecular formula is C30H34FN5O2SSi. The van der Waals surface area contributed by atoms with Crippen LogP contribution in [-0.4, -0.2) is 37.7 Å². The average Bonchev–Trinajstić information content (AvgIpc) is 3.59. The van der Waals surface area contributed by atoms with Crippen molar-refractivity contribution in [3.05, 3.63) is 84.1 Å². The van der Waals surface area contributed by atoms with E-state index in [4.69, 9.17) is 9.51 Å². The zero-order valence-corrected chi connectivity index (χ0v) is 25.4. The molecule has 2 N–H and O–H groups in total. The standard InChI is InChI=1S/C30H34FN5O2SSi/c1-30(2,3)39(37)36-24(20-11-7-8-12-21(20)29-22-13-9-10-14-26(22)38-35-29)15-25-28(31)27(40(4,5)6)16-23(34-25)19-17-32-33-18-19/h7-14,16-18,24,36H,15H2,1-6H3,(H,32,33)/t24-,39-/m0/s1. The first-order chi connectivity index (χ1) is 18.9. The first-order valence-corrected chi connectivity index (χ1v) is 17.9. The molecule has 3 aromatic heterocycles. The van der Waals surface area contributed by atoms with Gasteiger partial charge < -0.3 is 9.08 Å². The molecule has 0 aliphatic heterocycles. The highest BCUT2D eigenvalue weighted by Crippen LogP contribution is 2.35. The fraction of sp³-hybridized carbons (Fsp3) is 0.300. The van der Waals surface area contributed by atoms with E-state index in [1.165, 1.54) is 0 Å². The number of pyridine rings is 1. The van der Waals surface area contributed by atoms with Crippen LogP contribution in [0.1, 0.15) is 38.1 Å². The van der Waals surface area contributed by atoms with Crippen molar-refractivity contribution in [3.63, 3.8) is 0 Å². The number of fused-ring (bicyclic) bond motifs is 1. The second-order valence-electron chi connectivity index (χ2n) is 11.9. The molecule has 0 amide bonds. The minimum atomic E-state index is -2.08. The van der Waals surface area contributed by atoms with Crippen molar-refractivity contribution in [1.29, 1.82) is 0 Å². The maximum Gasteiger partial charge on any atom is 0.167 e. The van der Waals surface area contributed by atoms with E-state index in [2.05, 4.69) is 39.7 Å². The van der Waals surface area contributed by atoms with Gasteiger partial charge in [0.15, 0.2) is 5.58 Å². The monoisotopic (exact) mass is 575 g/mol. The van der Waals surface area contributed by atoms with Gasteiger partial charge in [0.2, 0.25) is 0 Å². The third kappa shape index (κ3) is 5.76. The Hall–Kier alpha value is -3.31. The zero-order valence-electron chi connectivity index (χ0n) is 23.6. The number of H-pyrrole nitrogens is 1. The van der Waals surface area contributed by atoms with E-state index < -0.39 is 30.2 Å². The van der Waals surface area contributed by atoms with Gasteiger partial charge in [0.25, 0.3) is 0 Å². The Bertz CT molecular complexity index is 1630. The summed E-state index contributed by atoms with van der Waals surface area (Å²) in [5, 5.41) is 12.8. The fourth-order valence-electron chi connectivity index (χ4n) is 4.61. The van der Waals surface area contributed by atoms with Crippen LogP contribution in [0.3, 0.4) is 0 Å². The van der Waals surface area contributed by atoms with E-state index >= 15 is 4.39 Å². The molecule has 0 bridgehead atoms. The summed E-state index contributed by atoms with van der Waals surface area (Å²) in [5.41, 5.74) is 4.79. The van der Waals surface area contributed by atoms with E-state index in [0.717, 1.165) is 22.1 Å². The van der Waals surface area contributed by atoms with E-state index in [1.54, 1.807) is 12.4 Å². The minimum absolute atomic E-state index is 0.184. The third-order valence-electron chi connectivity index (χ3n) is 6.80. The SMILES string of the molecule is CC(C)(C)[S@+]([O-])N[C@@H](Cc1nc(-c2cn[nH]c2)cc([Si](C)(C)C)c1F)c1ccccc1-c1noc2ccccc12. The summed E-state index contributed by atoms with van der Waals surface area (Å²) in [6, 6.07) is 16.8. The Morgan fingerprint density at radius 3 is 2.52 bits per heavy atom. The van der Waals surface area contributed by atoms with Gasteiger partial charge in [-0.1, -0.05) is 61.2 Å². The molecule has 5 aromatic rings. The molecule has 0 saturated carbocycles. The van der Waals surface area contributed by atoms with Crippen LogP contribution in [0.15, 0.2) is 71.5 Å². The molecule has 0 aliphatic carbocycles. The number of aromatic amines is 1. The van der Waals surface area contributed by atoms with Gasteiger partial charge in [-0.3, -0.25) is 5.10 Å². The lowest BCUT2D eigenvalue weighted by Crippen LogP contribution is -2.43. The molecule has 10 heteroatoms. The molecule has 5 rings (SSSR count). The van der Waals surface area contributed by atoms with E-state index in [0.29, 0.717) is 27.9 Å². The molecule has 0 unspecified atom stereocenters. The highest BCUT2D eigenvalue weighted by Gasteiger charge is 2.33. The van der Waals surface area contributed by atoms with Crippen molar-refractivity contribution in [2.75, 3.05) is 0 Å². The van der Waals surface area contributed by atoms with E-state index in [-0.39, 0.29) is 12.2 Å². The van der Waals surface area contributed by atoms with Crippen LogP contribution >= 0.6 is 0 Å². The molecule has 2 aromatic carbocycles. The van der Waals surface area contributed by atoms with Crippen molar-refractivity contribution in [1.82, 2.24) is 25.1 Å². The van der Waals surface area contributed by atoms with Gasteiger partial charge in [-0.2, -0.15) is 5.10 Å². The van der Waals surface area contributed by atoms with Gasteiger partial charge in [-0.05, 0) is 49.7 Å². The van der Waals surface area contributed by atoms with Gasteiger partial charge >= 0.3 is 0 Å². The third-order valence-corrected chi connectivity index (χ3v) is 10.4. The quantitative estimate of drug-likeness (QED) is 0.166. The molecule has 2 atom stereocenters. The minimum Gasteiger partial charge on any atom is -0.598 e. The summed E-state index contributed by atoms with van der Waals surface area (Å²) in [5.74, 6) is -0.302. The van der Waals surface area contributed by atoms with Crippen molar-refractivity contribution in [3.8, 4) is 22.5 Å². The molecule has 7 nitrogen and oxygen atoms in total. The molecule has 0 aliphatic rings. The summed E-state index contributed by atoms with van der Waals surface area (Å²) in [6.07, 6.45) is 3.63. The summed E-state index contributed by atoms with van der Waals surface area (Å²) < 4.78 is 38.1. The number of nitrogens with zero attached hydrogens (tertiary/aromatic N) is 3. The summed E-state index contributed by atoms with van der Waals surface area (Å²) >= 11 is -1.44. The highest BCUT2D eigenvalue weighted by molar-refractivity contribution is 7.90. The average molecular weight is 576 g/mol. The lowest BCUT2D eigenvalue weighted by Gasteiger charge is -2.29. The van der Waals surface area contributed by atoms with Crippen molar-refractivity contribution in [2.24, 2.45) is 0 Å². The first-order valence-electron chi connectivity index (χ1n) is 13.2. The van der Waals surface area contributed by atoms with Gasteiger partial charge in [0.05, 0.1) is 31.7 Å². The molecule has 208 valence electrons. The Morgan fingerprint density at radius 2 is 1.82 bits per heavy atom. The van der Waals surface area contributed by atoms with Gasteiger partial charge in [-0.25, -0.2) is 9.37 Å². The predicted octanol–water partition coefficient (Wildman–Crippen LogP) is 6.30. The summed E-state index contributed by atoms with van der Waals surface area (Å²) in [6.45, 7) is 12.1. The second kappa shape index (κ2) is 10.9. The number of aromatic nitrogens is 4. The lowest BCUT2D eigenvalue weighted by molar-refractivity contribution is 0.459. The van der Waals surface area contributed by atoms with Crippen LogP contribution in [-0.2, 0) is 17.8 Å². The Labute approximate surface area is 237 Å². The second-order valence-corrected chi connectivity index (χ2v) is 19.0. The van der Waals surface area contributed by atoms with Crippen LogP contribution < -0.4 is 9.91 Å². The van der Waals surface area contributed by atoms with Crippen molar-refractivity contribution >= 4 is 35.6 Å². The van der Waals surface area contributed by atoms with Crippen LogP contribution in [0, 0.1) is 5.82 Å². The Kier molecular flexibility index (Phi) is 7.71. The molecule has 3 heterocycles. The van der Waals surface area contributed by atoms with Crippen molar-refractivity contribution < 1.29 is 13.5 Å². The smallest absolute Gasteiger partial charge is 0.167 e. The first kappa shape index (κ1) is 28.2. The van der Waals surface area contributed by atoms with Crippen LogP contribution in [0.5, 0.6) is 0 Å². The van der Waals surface area contributed by atoms with Gasteiger partial charge in [-0.15, -0.1) is 4.72 Å². The summed E-state index contributed by atoms with van der Waals surface area (Å²) in [4.78, 5) is 4.78. The van der Waals surface area contributed by atoms with Gasteiger partial charge in [0, 0.05) is 40.5 Å². The lowest BCUT2D eigenvalue weighted by atomic mass is 9.94. The maximum absolute atomic E-state index is 16.2. The number of nitrogens with one attached hydrogen (secondary N) is 2. The normalized spacial score (nSPS) is 14.0. The zero-order chi connectivity index (χ0) is 28.7. The van der Waals surface area contributed by atoms with E-state index in [9.17, 15) is 4.55 Å². The fourth-order valence-corrected chi connectivity index (χ4v) is 6.81. The number of para-hydroxylation sites is 1. The molecular weight excluding hydrogens is 542 g/mol. The topological polar surface area (TPSA) is 103 Å². The number of hydrogen-bond donors (Lipinski definition) is 2. The largest absolute Gasteiger partial charge is 0.598 e. The number of hydrogen-bond acceptors (Lipinski definition) is 6. The van der Waals surface area contributed by atoms with Crippen LogP contribution in [0.25, 0.3) is 33.5 Å². The highest BCUT2D eigenvalue weighted by atomic mass is 32.2.